The molecule has 5 heteroatoms. The van der Waals surface area contributed by atoms with Gasteiger partial charge in [0.25, 0.3) is 0 Å². The molecule has 0 spiro atoms. The van der Waals surface area contributed by atoms with Crippen molar-refractivity contribution in [2.45, 2.75) is 6.92 Å². The third-order valence-electron chi connectivity index (χ3n) is 1.94. The van der Waals surface area contributed by atoms with E-state index in [9.17, 15) is 9.59 Å². The van der Waals surface area contributed by atoms with Gasteiger partial charge in [-0.1, -0.05) is 5.16 Å². The first-order chi connectivity index (χ1) is 7.20. The topological polar surface area (TPSA) is 76.0 Å². The molecule has 0 aromatic carbocycles. The van der Waals surface area contributed by atoms with E-state index in [1.54, 1.807) is 13.0 Å². The summed E-state index contributed by atoms with van der Waals surface area (Å²) in [6.07, 6.45) is 0.644. The highest BCUT2D eigenvalue weighted by Gasteiger charge is 2.14. The zero-order chi connectivity index (χ0) is 10.8. The van der Waals surface area contributed by atoms with Crippen molar-refractivity contribution >= 4 is 12.1 Å². The van der Waals surface area contributed by atoms with Crippen LogP contribution in [-0.2, 0) is 0 Å². The number of H-pyrrole nitrogens is 1. The van der Waals surface area contributed by atoms with Crippen LogP contribution in [0.1, 0.15) is 32.4 Å². The number of ketones is 1. The number of hydrogen-bond donors (Lipinski definition) is 1. The first-order valence-corrected chi connectivity index (χ1v) is 4.33. The summed E-state index contributed by atoms with van der Waals surface area (Å²) in [5.41, 5.74) is 0.913. The van der Waals surface area contributed by atoms with E-state index >= 15 is 0 Å². The van der Waals surface area contributed by atoms with Gasteiger partial charge in [-0.15, -0.1) is 0 Å². The number of aromatic nitrogens is 2. The van der Waals surface area contributed by atoms with Gasteiger partial charge in [-0.2, -0.15) is 0 Å². The lowest BCUT2D eigenvalue weighted by atomic mass is 10.2. The van der Waals surface area contributed by atoms with E-state index in [4.69, 9.17) is 4.52 Å². The molecule has 0 saturated heterocycles. The van der Waals surface area contributed by atoms with Crippen molar-refractivity contribution in [3.63, 3.8) is 0 Å². The Hall–Kier alpha value is -2.17. The van der Waals surface area contributed by atoms with Gasteiger partial charge in [-0.25, -0.2) is 0 Å². The molecule has 0 saturated carbocycles. The van der Waals surface area contributed by atoms with Crippen LogP contribution >= 0.6 is 0 Å². The van der Waals surface area contributed by atoms with Crippen molar-refractivity contribution in [1.29, 1.82) is 0 Å². The zero-order valence-corrected chi connectivity index (χ0v) is 7.98. The van der Waals surface area contributed by atoms with Crippen molar-refractivity contribution in [3.8, 4) is 0 Å². The quantitative estimate of drug-likeness (QED) is 0.604. The Kier molecular flexibility index (Phi) is 2.21. The third kappa shape index (κ3) is 1.71. The average Bonchev–Trinajstić information content (AvgIpc) is 2.84. The number of nitrogens with zero attached hydrogens (tertiary/aromatic N) is 1. The van der Waals surface area contributed by atoms with Gasteiger partial charge >= 0.3 is 0 Å². The Morgan fingerprint density at radius 1 is 1.53 bits per heavy atom. The molecule has 5 nitrogen and oxygen atoms in total. The van der Waals surface area contributed by atoms with Crippen molar-refractivity contribution in [2.75, 3.05) is 0 Å². The maximum atomic E-state index is 11.7. The van der Waals surface area contributed by atoms with E-state index in [-0.39, 0.29) is 11.5 Å². The number of nitrogens with one attached hydrogen (secondary N) is 1. The SMILES string of the molecule is Cc1cc(C(=O)c2ccc(C=O)[nH]2)no1. The molecular formula is C10H8N2O3. The number of aldehydes is 1. The molecule has 0 bridgehead atoms. The summed E-state index contributed by atoms with van der Waals surface area (Å²) in [7, 11) is 0. The lowest BCUT2D eigenvalue weighted by Gasteiger charge is -1.90. The highest BCUT2D eigenvalue weighted by molar-refractivity contribution is 6.06. The summed E-state index contributed by atoms with van der Waals surface area (Å²) in [6, 6.07) is 4.62. The van der Waals surface area contributed by atoms with Crippen LogP contribution in [0.15, 0.2) is 22.7 Å². The van der Waals surface area contributed by atoms with Crippen LogP contribution in [0.3, 0.4) is 0 Å². The minimum Gasteiger partial charge on any atom is -0.361 e. The summed E-state index contributed by atoms with van der Waals surface area (Å²) >= 11 is 0. The molecule has 0 aliphatic rings. The zero-order valence-electron chi connectivity index (χ0n) is 7.98. The number of carbonyl (C=O) groups excluding carboxylic acids is 2. The largest absolute Gasteiger partial charge is 0.361 e. The number of hydrogen-bond acceptors (Lipinski definition) is 4. The highest BCUT2D eigenvalue weighted by Crippen LogP contribution is 2.09. The summed E-state index contributed by atoms with van der Waals surface area (Å²) in [6.45, 7) is 1.70. The molecule has 2 aromatic rings. The van der Waals surface area contributed by atoms with Crippen LogP contribution in [0.2, 0.25) is 0 Å². The van der Waals surface area contributed by atoms with Crippen LogP contribution in [0.4, 0.5) is 0 Å². The van der Waals surface area contributed by atoms with E-state index in [0.717, 1.165) is 0 Å². The first-order valence-electron chi connectivity index (χ1n) is 4.33. The fourth-order valence-electron chi connectivity index (χ4n) is 1.22. The molecular weight excluding hydrogens is 196 g/mol. The molecule has 1 N–H and O–H groups in total. The molecule has 2 rings (SSSR count). The van der Waals surface area contributed by atoms with Crippen LogP contribution in [0.5, 0.6) is 0 Å². The smallest absolute Gasteiger partial charge is 0.231 e. The Morgan fingerprint density at radius 2 is 2.33 bits per heavy atom. The molecule has 0 aliphatic carbocycles. The van der Waals surface area contributed by atoms with E-state index < -0.39 is 0 Å². The average molecular weight is 204 g/mol. The van der Waals surface area contributed by atoms with E-state index in [1.807, 2.05) is 0 Å². The fourth-order valence-corrected chi connectivity index (χ4v) is 1.22. The van der Waals surface area contributed by atoms with Crippen molar-refractivity contribution < 1.29 is 14.1 Å². The maximum absolute atomic E-state index is 11.7. The molecule has 0 aliphatic heterocycles. The van der Waals surface area contributed by atoms with Gasteiger partial charge < -0.3 is 9.51 Å². The van der Waals surface area contributed by atoms with Crippen LogP contribution < -0.4 is 0 Å². The number of aromatic amines is 1. The second kappa shape index (κ2) is 3.53. The van der Waals surface area contributed by atoms with Crippen molar-refractivity contribution in [1.82, 2.24) is 10.1 Å². The number of aryl methyl sites for hydroxylation is 1. The van der Waals surface area contributed by atoms with Gasteiger partial charge in [0.2, 0.25) is 5.78 Å². The van der Waals surface area contributed by atoms with Gasteiger partial charge in [0.05, 0.1) is 11.4 Å². The normalized spacial score (nSPS) is 10.2. The molecule has 0 fully saturated rings. The molecule has 76 valence electrons. The second-order valence-corrected chi connectivity index (χ2v) is 3.10. The number of carbonyl (C=O) groups is 2. The molecule has 2 aromatic heterocycles. The van der Waals surface area contributed by atoms with Gasteiger partial charge in [0.15, 0.2) is 12.0 Å². The van der Waals surface area contributed by atoms with Crippen LogP contribution in [0, 0.1) is 6.92 Å². The maximum Gasteiger partial charge on any atom is 0.231 e. The molecule has 0 radical (unpaired) electrons. The van der Waals surface area contributed by atoms with Crippen LogP contribution in [0.25, 0.3) is 0 Å². The summed E-state index contributed by atoms with van der Waals surface area (Å²) in [4.78, 5) is 24.8. The van der Waals surface area contributed by atoms with Gasteiger partial charge in [0, 0.05) is 6.07 Å². The Bertz CT molecular complexity index is 510. The minimum atomic E-state index is -0.292. The molecule has 0 unspecified atom stereocenters. The second-order valence-electron chi connectivity index (χ2n) is 3.10. The molecule has 0 amide bonds. The van der Waals surface area contributed by atoms with E-state index in [0.29, 0.717) is 23.4 Å². The first kappa shape index (κ1) is 9.39. The summed E-state index contributed by atoms with van der Waals surface area (Å²) in [5, 5.41) is 3.59. The number of rotatable bonds is 3. The van der Waals surface area contributed by atoms with E-state index in [2.05, 4.69) is 10.1 Å². The lowest BCUT2D eigenvalue weighted by Crippen LogP contribution is -2.02. The fraction of sp³-hybridized carbons (Fsp3) is 0.100. The predicted octanol–water partition coefficient (Wildman–Crippen LogP) is 1.35. The Labute approximate surface area is 85.1 Å². The van der Waals surface area contributed by atoms with Gasteiger partial charge in [-0.05, 0) is 19.1 Å². The minimum absolute atomic E-state index is 0.229. The van der Waals surface area contributed by atoms with Crippen LogP contribution in [-0.4, -0.2) is 22.2 Å². The predicted molar refractivity (Wildman–Crippen MR) is 50.9 cm³/mol. The molecule has 2 heterocycles. The van der Waals surface area contributed by atoms with Gasteiger partial charge in [0.1, 0.15) is 5.76 Å². The third-order valence-corrected chi connectivity index (χ3v) is 1.94. The van der Waals surface area contributed by atoms with Crippen molar-refractivity contribution in [3.05, 3.63) is 41.0 Å². The Morgan fingerprint density at radius 3 is 2.87 bits per heavy atom. The molecule has 0 atom stereocenters. The standard InChI is InChI=1S/C10H8N2O3/c1-6-4-9(12-15-6)10(14)8-3-2-7(5-13)11-8/h2-5,11H,1H3. The summed E-state index contributed by atoms with van der Waals surface area (Å²) in [5.74, 6) is 0.278. The van der Waals surface area contributed by atoms with Crippen molar-refractivity contribution in [2.24, 2.45) is 0 Å². The Balaban J connectivity index is 2.31. The highest BCUT2D eigenvalue weighted by atomic mass is 16.5. The molecule has 15 heavy (non-hydrogen) atoms. The monoisotopic (exact) mass is 204 g/mol. The van der Waals surface area contributed by atoms with Gasteiger partial charge in [-0.3, -0.25) is 9.59 Å². The lowest BCUT2D eigenvalue weighted by molar-refractivity contribution is 0.102. The van der Waals surface area contributed by atoms with E-state index in [1.165, 1.54) is 12.1 Å². The summed E-state index contributed by atoms with van der Waals surface area (Å²) < 4.78 is 4.79.